The molecule has 184 valence electrons. The Bertz CT molecular complexity index is 1230. The van der Waals surface area contributed by atoms with E-state index in [0.717, 1.165) is 12.0 Å². The molecule has 2 aromatic rings. The van der Waals surface area contributed by atoms with Crippen LogP contribution in [0.5, 0.6) is 5.88 Å². The van der Waals surface area contributed by atoms with Crippen molar-refractivity contribution in [3.05, 3.63) is 64.9 Å². The van der Waals surface area contributed by atoms with Gasteiger partial charge >= 0.3 is 0 Å². The van der Waals surface area contributed by atoms with Crippen LogP contribution < -0.4 is 4.74 Å². The molecule has 7 heteroatoms. The molecule has 0 radical (unpaired) electrons. The topological polar surface area (TPSA) is 75.8 Å². The molecule has 0 aliphatic heterocycles. The van der Waals surface area contributed by atoms with Crippen LogP contribution in [0.3, 0.4) is 0 Å². The van der Waals surface area contributed by atoms with Gasteiger partial charge in [-0.3, -0.25) is 9.69 Å². The molecule has 2 bridgehead atoms. The molecule has 3 unspecified atom stereocenters. The van der Waals surface area contributed by atoms with E-state index in [2.05, 4.69) is 41.8 Å². The van der Waals surface area contributed by atoms with Crippen LogP contribution in [0.15, 0.2) is 52.6 Å². The van der Waals surface area contributed by atoms with Crippen molar-refractivity contribution in [3.8, 4) is 5.88 Å². The van der Waals surface area contributed by atoms with Crippen LogP contribution in [0.1, 0.15) is 29.3 Å². The SMILES string of the molecule is CN(C)[C@H]1c2onc(OCc3ccccc3)c2C(O)=C2C(=O)[C@@H]3C4C=CC(C4[Si](C)(C)C)[C@@H]3C[C@H]21. The number of aliphatic hydroxyl groups is 1. The standard InChI is InChI=1S/C28H34N2O4Si/c1-30(2)23-19-13-18-16-11-12-17(27(16)35(3,4)5)20(18)24(31)21(19)25(32)22-26(23)34-29-28(22)33-14-15-9-7-6-8-10-15/h6-12,16-20,23,27,32H,13-14H2,1-5H3/t16?,17?,18-,19+,20+,23+,27?/m0/s1. The number of carbonyl (C=O) groups is 1. The first-order valence-electron chi connectivity index (χ1n) is 12.7. The van der Waals surface area contributed by atoms with Gasteiger partial charge in [-0.05, 0) is 54.5 Å². The zero-order valence-electron chi connectivity index (χ0n) is 21.1. The number of allylic oxidation sites excluding steroid dienone is 2. The number of nitrogens with zero attached hydrogens (tertiary/aromatic N) is 2. The molecular weight excluding hydrogens is 456 g/mol. The average molecular weight is 491 g/mol. The van der Waals surface area contributed by atoms with Gasteiger partial charge in [0.1, 0.15) is 17.9 Å². The number of ether oxygens (including phenoxy) is 1. The quantitative estimate of drug-likeness (QED) is 0.442. The Balaban J connectivity index is 1.41. The fourth-order valence-electron chi connectivity index (χ4n) is 7.65. The lowest BCUT2D eigenvalue weighted by Gasteiger charge is -2.43. The van der Waals surface area contributed by atoms with Gasteiger partial charge in [0, 0.05) is 25.5 Å². The van der Waals surface area contributed by atoms with Crippen LogP contribution in [-0.2, 0) is 11.4 Å². The van der Waals surface area contributed by atoms with Crippen molar-refractivity contribution in [2.75, 3.05) is 14.1 Å². The molecule has 35 heavy (non-hydrogen) atoms. The van der Waals surface area contributed by atoms with Crippen molar-refractivity contribution >= 4 is 19.6 Å². The molecule has 0 spiro atoms. The Hall–Kier alpha value is -2.64. The largest absolute Gasteiger partial charge is 0.507 e. The highest BCUT2D eigenvalue weighted by Crippen LogP contribution is 2.65. The molecule has 0 amide bonds. The molecule has 2 saturated carbocycles. The second-order valence-electron chi connectivity index (χ2n) is 12.0. The third kappa shape index (κ3) is 3.31. The number of fused-ring (bicyclic) bond motifs is 7. The molecule has 1 aromatic carbocycles. The van der Waals surface area contributed by atoms with E-state index in [1.807, 2.05) is 44.4 Å². The van der Waals surface area contributed by atoms with E-state index in [1.54, 1.807) is 0 Å². The Kier molecular flexibility index (Phi) is 5.17. The number of rotatable bonds is 5. The summed E-state index contributed by atoms with van der Waals surface area (Å²) in [4.78, 5) is 16.2. The van der Waals surface area contributed by atoms with Gasteiger partial charge in [0.2, 0.25) is 0 Å². The fourth-order valence-corrected chi connectivity index (χ4v) is 10.6. The van der Waals surface area contributed by atoms with Crippen molar-refractivity contribution in [3.63, 3.8) is 0 Å². The van der Waals surface area contributed by atoms with Crippen molar-refractivity contribution in [1.82, 2.24) is 10.1 Å². The molecular formula is C28H34N2O4Si. The fraction of sp³-hybridized carbons (Fsp3) is 0.500. The van der Waals surface area contributed by atoms with Crippen molar-refractivity contribution in [1.29, 1.82) is 0 Å². The lowest BCUT2D eigenvalue weighted by atomic mass is 9.62. The van der Waals surface area contributed by atoms with E-state index < -0.39 is 8.07 Å². The molecule has 1 N–H and O–H groups in total. The number of ketones is 1. The van der Waals surface area contributed by atoms with Crippen LogP contribution in [0.2, 0.25) is 25.2 Å². The molecule has 0 saturated heterocycles. The lowest BCUT2D eigenvalue weighted by molar-refractivity contribution is -0.124. The third-order valence-corrected chi connectivity index (χ3v) is 11.6. The minimum absolute atomic E-state index is 0.00664. The second kappa shape index (κ2) is 7.93. The Labute approximate surface area is 207 Å². The average Bonchev–Trinajstić information content (AvgIpc) is 3.50. The van der Waals surface area contributed by atoms with Gasteiger partial charge < -0.3 is 14.4 Å². The zero-order valence-corrected chi connectivity index (χ0v) is 22.1. The van der Waals surface area contributed by atoms with Crippen LogP contribution >= 0.6 is 0 Å². The summed E-state index contributed by atoms with van der Waals surface area (Å²) >= 11 is 0. The number of Topliss-reactive ketones (excluding diaryl/α,β-unsaturated/α-hetero) is 1. The third-order valence-electron chi connectivity index (χ3n) is 8.82. The first-order valence-corrected chi connectivity index (χ1v) is 16.2. The summed E-state index contributed by atoms with van der Waals surface area (Å²) in [6.07, 6.45) is 5.57. The summed E-state index contributed by atoms with van der Waals surface area (Å²) in [5.74, 6) is 1.91. The molecule has 6 rings (SSSR count). The van der Waals surface area contributed by atoms with Crippen LogP contribution in [0.25, 0.3) is 5.76 Å². The van der Waals surface area contributed by atoms with Gasteiger partial charge in [0.15, 0.2) is 11.5 Å². The first-order chi connectivity index (χ1) is 16.7. The van der Waals surface area contributed by atoms with Crippen molar-refractivity contribution < 1.29 is 19.2 Å². The van der Waals surface area contributed by atoms with Crippen LogP contribution in [0.4, 0.5) is 0 Å². The molecule has 4 aliphatic rings. The van der Waals surface area contributed by atoms with Crippen molar-refractivity contribution in [2.24, 2.45) is 29.6 Å². The van der Waals surface area contributed by atoms with E-state index >= 15 is 0 Å². The molecule has 7 atom stereocenters. The van der Waals surface area contributed by atoms with E-state index in [9.17, 15) is 9.90 Å². The number of hydrogen-bond donors (Lipinski definition) is 1. The van der Waals surface area contributed by atoms with Gasteiger partial charge in [0.25, 0.3) is 5.88 Å². The summed E-state index contributed by atoms with van der Waals surface area (Å²) in [6, 6.07) is 9.66. The van der Waals surface area contributed by atoms with Crippen molar-refractivity contribution in [2.45, 2.75) is 44.3 Å². The van der Waals surface area contributed by atoms with Gasteiger partial charge in [-0.1, -0.05) is 62.1 Å². The number of aromatic nitrogens is 1. The maximum absolute atomic E-state index is 14.2. The van der Waals surface area contributed by atoms with Gasteiger partial charge in [-0.15, -0.1) is 0 Å². The highest BCUT2D eigenvalue weighted by atomic mass is 28.3. The highest BCUT2D eigenvalue weighted by molar-refractivity contribution is 6.77. The minimum Gasteiger partial charge on any atom is -0.507 e. The van der Waals surface area contributed by atoms with Crippen LogP contribution in [-0.4, -0.2) is 43.1 Å². The summed E-state index contributed by atoms with van der Waals surface area (Å²) in [6.45, 7) is 7.59. The predicted octanol–water partition coefficient (Wildman–Crippen LogP) is 5.48. The van der Waals surface area contributed by atoms with E-state index in [-0.39, 0.29) is 35.3 Å². The maximum atomic E-state index is 14.2. The highest BCUT2D eigenvalue weighted by Gasteiger charge is 2.62. The Morgan fingerprint density at radius 2 is 1.86 bits per heavy atom. The van der Waals surface area contributed by atoms with Gasteiger partial charge in [-0.2, -0.15) is 0 Å². The summed E-state index contributed by atoms with van der Waals surface area (Å²) in [5.41, 5.74) is 2.58. The van der Waals surface area contributed by atoms with Gasteiger partial charge in [-0.25, -0.2) is 0 Å². The monoisotopic (exact) mass is 490 g/mol. The lowest BCUT2D eigenvalue weighted by Crippen LogP contribution is -2.44. The molecule has 1 aromatic heterocycles. The van der Waals surface area contributed by atoms with E-state index in [1.165, 1.54) is 0 Å². The maximum Gasteiger partial charge on any atom is 0.265 e. The van der Waals surface area contributed by atoms with E-state index in [4.69, 9.17) is 9.26 Å². The zero-order chi connectivity index (χ0) is 24.6. The number of hydrogen-bond acceptors (Lipinski definition) is 6. The Morgan fingerprint density at radius 3 is 2.54 bits per heavy atom. The minimum atomic E-state index is -1.47. The first kappa shape index (κ1) is 22.8. The summed E-state index contributed by atoms with van der Waals surface area (Å²) in [5, 5.41) is 15.8. The number of carbonyl (C=O) groups excluding carboxylic acids is 1. The molecule has 1 heterocycles. The molecule has 6 nitrogen and oxygen atoms in total. The van der Waals surface area contributed by atoms with Gasteiger partial charge in [0.05, 0.1) is 6.04 Å². The van der Waals surface area contributed by atoms with Crippen LogP contribution in [0, 0.1) is 29.6 Å². The summed E-state index contributed by atoms with van der Waals surface area (Å²) in [7, 11) is 2.54. The summed E-state index contributed by atoms with van der Waals surface area (Å²) < 4.78 is 11.8. The molecule has 4 aliphatic carbocycles. The molecule has 2 fully saturated rings. The predicted molar refractivity (Wildman–Crippen MR) is 137 cm³/mol. The van der Waals surface area contributed by atoms with E-state index in [0.29, 0.717) is 46.8 Å². The number of aliphatic hydroxyl groups excluding tert-OH is 1. The smallest absolute Gasteiger partial charge is 0.265 e. The Morgan fingerprint density at radius 1 is 1.14 bits per heavy atom. The number of benzene rings is 1. The normalized spacial score (nSPS) is 33.2. The second-order valence-corrected chi connectivity index (χ2v) is 17.4.